The number of hydrogen-bond donors (Lipinski definition) is 1. The maximum absolute atomic E-state index is 13.1. The van der Waals surface area contributed by atoms with E-state index < -0.39 is 5.54 Å². The molecule has 1 aromatic carbocycles. The first kappa shape index (κ1) is 21.0. The van der Waals surface area contributed by atoms with E-state index in [9.17, 15) is 4.79 Å². The van der Waals surface area contributed by atoms with Gasteiger partial charge in [-0.25, -0.2) is 9.67 Å². The summed E-state index contributed by atoms with van der Waals surface area (Å²) in [5.74, 6) is 8.07. The van der Waals surface area contributed by atoms with Crippen molar-refractivity contribution in [1.82, 2.24) is 25.1 Å². The Bertz CT molecular complexity index is 1150. The molecule has 1 saturated carbocycles. The van der Waals surface area contributed by atoms with Gasteiger partial charge in [-0.1, -0.05) is 56.2 Å². The van der Waals surface area contributed by atoms with Crippen molar-refractivity contribution in [2.45, 2.75) is 65.0 Å². The number of aryl methyl sites for hydroxylation is 2. The SMILES string of the molecule is Cc1nc(C)n(C[C@@H](C)C(=O)NC2(C#Cc3cnc4ccccc4c3)CCCCC2)n1. The predicted octanol–water partition coefficient (Wildman–Crippen LogP) is 3.95. The van der Waals surface area contributed by atoms with E-state index in [2.05, 4.69) is 38.3 Å². The zero-order valence-corrected chi connectivity index (χ0v) is 18.5. The van der Waals surface area contributed by atoms with Gasteiger partial charge in [0.1, 0.15) is 17.2 Å². The first-order valence-electron chi connectivity index (χ1n) is 11.0. The highest BCUT2D eigenvalue weighted by molar-refractivity contribution is 5.80. The van der Waals surface area contributed by atoms with Crippen LogP contribution in [0.2, 0.25) is 0 Å². The van der Waals surface area contributed by atoms with E-state index in [1.165, 1.54) is 6.42 Å². The van der Waals surface area contributed by atoms with Crippen LogP contribution in [0.5, 0.6) is 0 Å². The summed E-state index contributed by atoms with van der Waals surface area (Å²) in [7, 11) is 0. The summed E-state index contributed by atoms with van der Waals surface area (Å²) >= 11 is 0. The van der Waals surface area contributed by atoms with Gasteiger partial charge in [0.2, 0.25) is 5.91 Å². The highest BCUT2D eigenvalue weighted by atomic mass is 16.2. The molecule has 4 rings (SSSR count). The fraction of sp³-hybridized carbons (Fsp3) is 0.440. The van der Waals surface area contributed by atoms with E-state index in [4.69, 9.17) is 0 Å². The molecule has 1 amide bonds. The molecular weight excluding hydrogens is 386 g/mol. The standard InChI is InChI=1S/C25H29N5O/c1-18(17-30-20(3)27-19(2)29-30)24(31)28-25(12-7-4-8-13-25)14-11-21-15-22-9-5-6-10-23(22)26-16-21/h5-6,9-10,15-16,18H,4,7-8,12-13,17H2,1-3H3,(H,28,31)/t18-/m1/s1. The van der Waals surface area contributed by atoms with Gasteiger partial charge in [-0.3, -0.25) is 9.78 Å². The van der Waals surface area contributed by atoms with Crippen molar-refractivity contribution in [1.29, 1.82) is 0 Å². The Morgan fingerprint density at radius 1 is 1.23 bits per heavy atom. The summed E-state index contributed by atoms with van der Waals surface area (Å²) in [6.45, 7) is 6.22. The summed E-state index contributed by atoms with van der Waals surface area (Å²) in [6, 6.07) is 10.1. The number of carbonyl (C=O) groups is 1. The van der Waals surface area contributed by atoms with Crippen molar-refractivity contribution in [2.75, 3.05) is 0 Å². The second kappa shape index (κ2) is 8.89. The van der Waals surface area contributed by atoms with Crippen molar-refractivity contribution in [2.24, 2.45) is 5.92 Å². The summed E-state index contributed by atoms with van der Waals surface area (Å²) in [4.78, 5) is 21.9. The molecule has 2 aromatic heterocycles. The Balaban J connectivity index is 1.53. The van der Waals surface area contributed by atoms with E-state index in [0.29, 0.717) is 6.54 Å². The lowest BCUT2D eigenvalue weighted by Crippen LogP contribution is -2.51. The highest BCUT2D eigenvalue weighted by Crippen LogP contribution is 2.28. The molecule has 1 aliphatic carbocycles. The molecule has 31 heavy (non-hydrogen) atoms. The molecule has 0 radical (unpaired) electrons. The molecule has 1 atom stereocenters. The number of benzene rings is 1. The van der Waals surface area contributed by atoms with Crippen molar-refractivity contribution >= 4 is 16.8 Å². The van der Waals surface area contributed by atoms with Crippen LogP contribution in [-0.2, 0) is 11.3 Å². The van der Waals surface area contributed by atoms with E-state index >= 15 is 0 Å². The van der Waals surface area contributed by atoms with Gasteiger partial charge in [-0.2, -0.15) is 5.10 Å². The number of nitrogens with zero attached hydrogens (tertiary/aromatic N) is 4. The first-order chi connectivity index (χ1) is 14.9. The smallest absolute Gasteiger partial charge is 0.225 e. The normalized spacial score (nSPS) is 16.4. The van der Waals surface area contributed by atoms with Crippen molar-refractivity contribution in [3.8, 4) is 11.8 Å². The second-order valence-electron chi connectivity index (χ2n) is 8.59. The van der Waals surface area contributed by atoms with Crippen LogP contribution in [-0.4, -0.2) is 31.2 Å². The first-order valence-corrected chi connectivity index (χ1v) is 11.0. The number of hydrogen-bond acceptors (Lipinski definition) is 4. The molecule has 3 aromatic rings. The number of nitrogens with one attached hydrogen (secondary N) is 1. The average Bonchev–Trinajstić information content (AvgIpc) is 3.09. The largest absolute Gasteiger partial charge is 0.339 e. The maximum atomic E-state index is 13.1. The van der Waals surface area contributed by atoms with Crippen LogP contribution >= 0.6 is 0 Å². The van der Waals surface area contributed by atoms with Gasteiger partial charge < -0.3 is 5.32 Å². The molecule has 1 fully saturated rings. The van der Waals surface area contributed by atoms with Crippen LogP contribution in [0.4, 0.5) is 0 Å². The molecule has 0 saturated heterocycles. The van der Waals surface area contributed by atoms with Gasteiger partial charge >= 0.3 is 0 Å². The molecule has 2 heterocycles. The maximum Gasteiger partial charge on any atom is 0.225 e. The Morgan fingerprint density at radius 3 is 2.74 bits per heavy atom. The number of pyridine rings is 1. The zero-order chi connectivity index (χ0) is 21.8. The Hall–Kier alpha value is -3.20. The molecule has 0 spiro atoms. The molecule has 0 bridgehead atoms. The van der Waals surface area contributed by atoms with Gasteiger partial charge in [-0.15, -0.1) is 0 Å². The van der Waals surface area contributed by atoms with Crippen LogP contribution in [0.25, 0.3) is 10.9 Å². The topological polar surface area (TPSA) is 72.7 Å². The van der Waals surface area contributed by atoms with E-state index in [-0.39, 0.29) is 11.8 Å². The molecule has 0 aliphatic heterocycles. The lowest BCUT2D eigenvalue weighted by atomic mass is 9.81. The monoisotopic (exact) mass is 415 g/mol. The number of aromatic nitrogens is 4. The third kappa shape index (κ3) is 4.93. The molecule has 160 valence electrons. The van der Waals surface area contributed by atoms with Crippen LogP contribution in [0.1, 0.15) is 56.2 Å². The molecule has 6 heteroatoms. The van der Waals surface area contributed by atoms with Crippen LogP contribution in [0.15, 0.2) is 36.5 Å². The number of carbonyl (C=O) groups excluding carboxylic acids is 1. The molecule has 6 nitrogen and oxygen atoms in total. The van der Waals surface area contributed by atoms with Crippen molar-refractivity contribution < 1.29 is 4.79 Å². The zero-order valence-electron chi connectivity index (χ0n) is 18.5. The van der Waals surface area contributed by atoms with E-state index in [1.54, 1.807) is 4.68 Å². The third-order valence-corrected chi connectivity index (χ3v) is 5.96. The lowest BCUT2D eigenvalue weighted by Gasteiger charge is -2.34. The fourth-order valence-electron chi connectivity index (χ4n) is 4.20. The summed E-state index contributed by atoms with van der Waals surface area (Å²) < 4.78 is 1.81. The van der Waals surface area contributed by atoms with Crippen molar-refractivity contribution in [3.05, 3.63) is 53.7 Å². The third-order valence-electron chi connectivity index (χ3n) is 5.96. The molecule has 1 aliphatic rings. The summed E-state index contributed by atoms with van der Waals surface area (Å²) in [5.41, 5.74) is 1.35. The summed E-state index contributed by atoms with van der Waals surface area (Å²) in [5, 5.41) is 8.75. The number of para-hydroxylation sites is 1. The van der Waals surface area contributed by atoms with Crippen LogP contribution in [0, 0.1) is 31.6 Å². The van der Waals surface area contributed by atoms with Crippen LogP contribution in [0.3, 0.4) is 0 Å². The summed E-state index contributed by atoms with van der Waals surface area (Å²) in [6.07, 6.45) is 6.89. The highest BCUT2D eigenvalue weighted by Gasteiger charge is 2.33. The minimum atomic E-state index is -0.484. The fourth-order valence-corrected chi connectivity index (χ4v) is 4.20. The minimum Gasteiger partial charge on any atom is -0.339 e. The van der Waals surface area contributed by atoms with Gasteiger partial charge in [0.05, 0.1) is 18.0 Å². The quantitative estimate of drug-likeness (QED) is 0.655. The van der Waals surface area contributed by atoms with Gasteiger partial charge in [0.25, 0.3) is 0 Å². The molecule has 1 N–H and O–H groups in total. The number of fused-ring (bicyclic) bond motifs is 1. The van der Waals surface area contributed by atoms with Crippen LogP contribution < -0.4 is 5.32 Å². The van der Waals surface area contributed by atoms with Crippen molar-refractivity contribution in [3.63, 3.8) is 0 Å². The van der Waals surface area contributed by atoms with E-state index in [1.807, 2.05) is 51.2 Å². The van der Waals surface area contributed by atoms with Gasteiger partial charge in [-0.05, 0) is 38.8 Å². The second-order valence-corrected chi connectivity index (χ2v) is 8.59. The lowest BCUT2D eigenvalue weighted by molar-refractivity contribution is -0.126. The Labute approximate surface area is 183 Å². The van der Waals surface area contributed by atoms with Gasteiger partial charge in [0.15, 0.2) is 0 Å². The number of rotatable bonds is 4. The van der Waals surface area contributed by atoms with Gasteiger partial charge in [0, 0.05) is 17.1 Å². The molecular formula is C25H29N5O. The number of amides is 1. The average molecular weight is 416 g/mol. The Morgan fingerprint density at radius 2 is 2.00 bits per heavy atom. The predicted molar refractivity (Wildman–Crippen MR) is 121 cm³/mol. The minimum absolute atomic E-state index is 0.0142. The Kier molecular flexibility index (Phi) is 6.03. The molecule has 0 unspecified atom stereocenters. The van der Waals surface area contributed by atoms with E-state index in [0.717, 1.165) is 53.8 Å².